The third kappa shape index (κ3) is 3.12. The van der Waals surface area contributed by atoms with Crippen molar-refractivity contribution in [1.82, 2.24) is 4.57 Å². The van der Waals surface area contributed by atoms with Gasteiger partial charge in [-0.2, -0.15) is 0 Å². The Hall–Kier alpha value is -1.77. The monoisotopic (exact) mass is 287 g/mol. The van der Waals surface area contributed by atoms with E-state index in [9.17, 15) is 4.79 Å². The molecule has 0 unspecified atom stereocenters. The average Bonchev–Trinajstić information content (AvgIpc) is 2.67. The van der Waals surface area contributed by atoms with E-state index < -0.39 is 0 Å². The molecule has 2 aromatic rings. The van der Waals surface area contributed by atoms with Crippen LogP contribution in [0.5, 0.6) is 5.75 Å². The molecule has 0 saturated heterocycles. The number of carbonyl (C=O) groups excluding carboxylic acids is 1. The summed E-state index contributed by atoms with van der Waals surface area (Å²) in [6, 6.07) is 6.07. The summed E-state index contributed by atoms with van der Waals surface area (Å²) in [6.07, 6.45) is 2.39. The van der Waals surface area contributed by atoms with Crippen molar-refractivity contribution in [2.45, 2.75) is 60.1 Å². The van der Waals surface area contributed by atoms with Gasteiger partial charge in [0.2, 0.25) is 0 Å². The lowest BCUT2D eigenvalue weighted by Gasteiger charge is -2.10. The normalized spacial score (nSPS) is 11.3. The van der Waals surface area contributed by atoms with Crippen molar-refractivity contribution in [2.24, 2.45) is 0 Å². The zero-order valence-corrected chi connectivity index (χ0v) is 13.7. The molecule has 21 heavy (non-hydrogen) atoms. The van der Waals surface area contributed by atoms with Crippen LogP contribution in [-0.2, 0) is 6.54 Å². The number of hydrogen-bond acceptors (Lipinski definition) is 2. The summed E-state index contributed by atoms with van der Waals surface area (Å²) in [5.74, 6) is 0.946. The first-order chi connectivity index (χ1) is 9.95. The molecule has 1 heterocycles. The highest BCUT2D eigenvalue weighted by Crippen LogP contribution is 2.30. The Morgan fingerprint density at radius 1 is 1.33 bits per heavy atom. The Labute approximate surface area is 126 Å². The molecule has 1 aromatic heterocycles. The van der Waals surface area contributed by atoms with E-state index >= 15 is 0 Å². The first-order valence-electron chi connectivity index (χ1n) is 7.76. The molecule has 114 valence electrons. The summed E-state index contributed by atoms with van der Waals surface area (Å²) in [5.41, 5.74) is 3.02. The van der Waals surface area contributed by atoms with Crippen LogP contribution in [-0.4, -0.2) is 16.5 Å². The molecule has 0 aliphatic heterocycles. The molecular weight excluding hydrogens is 262 g/mol. The van der Waals surface area contributed by atoms with Crippen LogP contribution in [0, 0.1) is 6.92 Å². The molecule has 0 atom stereocenters. The van der Waals surface area contributed by atoms with Crippen LogP contribution in [0.4, 0.5) is 0 Å². The summed E-state index contributed by atoms with van der Waals surface area (Å²) in [4.78, 5) is 12.0. The number of ether oxygens (including phenoxy) is 1. The van der Waals surface area contributed by atoms with Crippen LogP contribution in [0.3, 0.4) is 0 Å². The molecule has 0 saturated carbocycles. The highest BCUT2D eigenvalue weighted by atomic mass is 16.5. The van der Waals surface area contributed by atoms with Crippen molar-refractivity contribution in [2.75, 3.05) is 0 Å². The maximum absolute atomic E-state index is 12.0. The Morgan fingerprint density at radius 3 is 2.62 bits per heavy atom. The number of nitrogens with zero attached hydrogens (tertiary/aromatic N) is 1. The van der Waals surface area contributed by atoms with E-state index in [1.807, 2.05) is 32.9 Å². The van der Waals surface area contributed by atoms with Crippen molar-refractivity contribution >= 4 is 16.7 Å². The number of rotatable bonds is 6. The minimum atomic E-state index is 0.120. The van der Waals surface area contributed by atoms with Crippen molar-refractivity contribution in [1.29, 1.82) is 0 Å². The fourth-order valence-corrected chi connectivity index (χ4v) is 2.86. The molecule has 0 fully saturated rings. The van der Waals surface area contributed by atoms with Gasteiger partial charge in [-0.25, -0.2) is 0 Å². The van der Waals surface area contributed by atoms with Gasteiger partial charge in [0.25, 0.3) is 0 Å². The summed E-state index contributed by atoms with van der Waals surface area (Å²) in [7, 11) is 0. The number of fused-ring (bicyclic) bond motifs is 1. The van der Waals surface area contributed by atoms with E-state index in [2.05, 4.69) is 17.6 Å². The van der Waals surface area contributed by atoms with Gasteiger partial charge in [-0.3, -0.25) is 4.79 Å². The lowest BCUT2D eigenvalue weighted by molar-refractivity contribution is 0.101. The Kier molecular flexibility index (Phi) is 4.71. The molecule has 0 radical (unpaired) electrons. The number of carbonyl (C=O) groups is 1. The van der Waals surface area contributed by atoms with E-state index in [4.69, 9.17) is 4.74 Å². The number of hydrogen-bond donors (Lipinski definition) is 0. The van der Waals surface area contributed by atoms with Gasteiger partial charge in [-0.15, -0.1) is 0 Å². The topological polar surface area (TPSA) is 31.2 Å². The largest absolute Gasteiger partial charge is 0.491 e. The zero-order chi connectivity index (χ0) is 15.6. The summed E-state index contributed by atoms with van der Waals surface area (Å²) >= 11 is 0. The van der Waals surface area contributed by atoms with Crippen LogP contribution >= 0.6 is 0 Å². The van der Waals surface area contributed by atoms with Crippen LogP contribution in [0.15, 0.2) is 18.2 Å². The zero-order valence-electron chi connectivity index (χ0n) is 13.7. The molecule has 0 amide bonds. The molecule has 0 aliphatic carbocycles. The SMILES string of the molecule is CCCCn1c(C)c(C(C)=O)c2cc(OC(C)C)ccc21. The fraction of sp³-hybridized carbons (Fsp3) is 0.500. The molecule has 0 bridgehead atoms. The predicted octanol–water partition coefficient (Wildman–Crippen LogP) is 4.74. The molecular formula is C18H25NO2. The van der Waals surface area contributed by atoms with Crippen molar-refractivity contribution in [3.05, 3.63) is 29.5 Å². The van der Waals surface area contributed by atoms with Crippen LogP contribution in [0.1, 0.15) is 56.6 Å². The standard InChI is InChI=1S/C18H25NO2/c1-6-7-10-19-13(4)18(14(5)20)16-11-15(21-12(2)3)8-9-17(16)19/h8-9,11-12H,6-7,10H2,1-5H3. The van der Waals surface area contributed by atoms with Crippen LogP contribution in [0.2, 0.25) is 0 Å². The third-order valence-corrected chi connectivity index (χ3v) is 3.75. The molecule has 0 spiro atoms. The quantitative estimate of drug-likeness (QED) is 0.719. The number of Topliss-reactive ketones (excluding diaryl/α,β-unsaturated/α-hetero) is 1. The van der Waals surface area contributed by atoms with E-state index in [1.165, 1.54) is 0 Å². The number of aryl methyl sites for hydroxylation is 1. The second kappa shape index (κ2) is 6.33. The first-order valence-corrected chi connectivity index (χ1v) is 7.76. The van der Waals surface area contributed by atoms with Gasteiger partial charge in [0, 0.05) is 28.7 Å². The van der Waals surface area contributed by atoms with Gasteiger partial charge in [-0.1, -0.05) is 13.3 Å². The highest BCUT2D eigenvalue weighted by molar-refractivity contribution is 6.08. The Bertz CT molecular complexity index is 653. The van der Waals surface area contributed by atoms with Gasteiger partial charge in [0.05, 0.1) is 6.10 Å². The summed E-state index contributed by atoms with van der Waals surface area (Å²) in [5, 5.41) is 1.01. The first kappa shape index (κ1) is 15.6. The molecule has 2 rings (SSSR count). The average molecular weight is 287 g/mol. The summed E-state index contributed by atoms with van der Waals surface area (Å²) in [6.45, 7) is 10.8. The fourth-order valence-electron chi connectivity index (χ4n) is 2.86. The van der Waals surface area contributed by atoms with E-state index in [0.717, 1.165) is 47.3 Å². The maximum Gasteiger partial charge on any atom is 0.162 e. The number of benzene rings is 1. The van der Waals surface area contributed by atoms with Crippen molar-refractivity contribution < 1.29 is 9.53 Å². The lowest BCUT2D eigenvalue weighted by Crippen LogP contribution is -2.05. The number of aromatic nitrogens is 1. The highest BCUT2D eigenvalue weighted by Gasteiger charge is 2.17. The molecule has 3 nitrogen and oxygen atoms in total. The Morgan fingerprint density at radius 2 is 2.05 bits per heavy atom. The third-order valence-electron chi connectivity index (χ3n) is 3.75. The molecule has 0 aliphatic rings. The second-order valence-corrected chi connectivity index (χ2v) is 5.87. The number of ketones is 1. The molecule has 1 aromatic carbocycles. The molecule has 3 heteroatoms. The van der Waals surface area contributed by atoms with Gasteiger partial charge >= 0.3 is 0 Å². The maximum atomic E-state index is 12.0. The van der Waals surface area contributed by atoms with Crippen molar-refractivity contribution in [3.8, 4) is 5.75 Å². The molecule has 0 N–H and O–H groups in total. The van der Waals surface area contributed by atoms with Gasteiger partial charge < -0.3 is 9.30 Å². The predicted molar refractivity (Wildman–Crippen MR) is 87.4 cm³/mol. The van der Waals surface area contributed by atoms with E-state index in [0.29, 0.717) is 0 Å². The number of unbranched alkanes of at least 4 members (excludes halogenated alkanes) is 1. The Balaban J connectivity index is 2.60. The van der Waals surface area contributed by atoms with E-state index in [1.54, 1.807) is 6.92 Å². The van der Waals surface area contributed by atoms with Crippen molar-refractivity contribution in [3.63, 3.8) is 0 Å². The second-order valence-electron chi connectivity index (χ2n) is 5.87. The minimum absolute atomic E-state index is 0.120. The van der Waals surface area contributed by atoms with Crippen LogP contribution in [0.25, 0.3) is 10.9 Å². The smallest absolute Gasteiger partial charge is 0.162 e. The van der Waals surface area contributed by atoms with Gasteiger partial charge in [0.15, 0.2) is 5.78 Å². The van der Waals surface area contributed by atoms with Gasteiger partial charge in [-0.05, 0) is 52.3 Å². The lowest BCUT2D eigenvalue weighted by atomic mass is 10.1. The van der Waals surface area contributed by atoms with Crippen LogP contribution < -0.4 is 4.74 Å². The summed E-state index contributed by atoms with van der Waals surface area (Å²) < 4.78 is 8.03. The van der Waals surface area contributed by atoms with E-state index in [-0.39, 0.29) is 11.9 Å². The minimum Gasteiger partial charge on any atom is -0.491 e. The van der Waals surface area contributed by atoms with Gasteiger partial charge in [0.1, 0.15) is 5.75 Å².